The van der Waals surface area contributed by atoms with Gasteiger partial charge >= 0.3 is 5.97 Å². The molecule has 0 amide bonds. The summed E-state index contributed by atoms with van der Waals surface area (Å²) in [6, 6.07) is 10.7. The second kappa shape index (κ2) is 10.5. The lowest BCUT2D eigenvalue weighted by Gasteiger charge is -2.12. The van der Waals surface area contributed by atoms with Gasteiger partial charge < -0.3 is 33.0 Å². The Kier molecular flexibility index (Phi) is 7.19. The lowest BCUT2D eigenvalue weighted by molar-refractivity contribution is -0.136. The molecule has 188 valence electrons. The van der Waals surface area contributed by atoms with Crippen molar-refractivity contribution in [2.24, 2.45) is 0 Å². The van der Waals surface area contributed by atoms with Crippen LogP contribution in [-0.2, 0) is 9.53 Å². The van der Waals surface area contributed by atoms with Crippen molar-refractivity contribution in [1.82, 2.24) is 4.57 Å². The summed E-state index contributed by atoms with van der Waals surface area (Å²) in [5.74, 6) is 1.84. The minimum Gasteiger partial charge on any atom is -0.496 e. The van der Waals surface area contributed by atoms with E-state index in [0.29, 0.717) is 39.9 Å². The Hall–Kier alpha value is -4.40. The van der Waals surface area contributed by atoms with E-state index in [-0.39, 0.29) is 12.6 Å². The summed E-state index contributed by atoms with van der Waals surface area (Å²) in [7, 11) is 4.55. The first-order valence-electron chi connectivity index (χ1n) is 11.1. The Morgan fingerprint density at radius 3 is 2.33 bits per heavy atom. The summed E-state index contributed by atoms with van der Waals surface area (Å²) in [6.45, 7) is 3.54. The van der Waals surface area contributed by atoms with Gasteiger partial charge in [-0.1, -0.05) is 0 Å². The number of esters is 1. The Bertz CT molecular complexity index is 1340. The largest absolute Gasteiger partial charge is 0.496 e. The SMILES string of the molecule is COc1cc(OC)c(OC)cc1/C=C/C(=O)OCC(=O)c1cc(C)n(-c2ccc3c(c2)OCO3)c1C. The summed E-state index contributed by atoms with van der Waals surface area (Å²) in [5.41, 5.74) is 3.51. The summed E-state index contributed by atoms with van der Waals surface area (Å²) < 4.78 is 33.9. The van der Waals surface area contributed by atoms with Gasteiger partial charge in [0.15, 0.2) is 29.6 Å². The van der Waals surface area contributed by atoms with Gasteiger partial charge in [-0.2, -0.15) is 0 Å². The first-order valence-corrected chi connectivity index (χ1v) is 11.1. The molecule has 3 aromatic rings. The van der Waals surface area contributed by atoms with E-state index in [1.807, 2.05) is 36.6 Å². The van der Waals surface area contributed by atoms with Crippen LogP contribution in [0.2, 0.25) is 0 Å². The van der Waals surface area contributed by atoms with E-state index in [9.17, 15) is 9.59 Å². The van der Waals surface area contributed by atoms with Gasteiger partial charge in [-0.05, 0) is 44.2 Å². The number of fused-ring (bicyclic) bond motifs is 1. The van der Waals surface area contributed by atoms with Crippen molar-refractivity contribution in [3.8, 4) is 34.4 Å². The Morgan fingerprint density at radius 1 is 0.917 bits per heavy atom. The van der Waals surface area contributed by atoms with E-state index in [0.717, 1.165) is 17.1 Å². The van der Waals surface area contributed by atoms with E-state index in [1.54, 1.807) is 18.2 Å². The zero-order chi connectivity index (χ0) is 25.8. The van der Waals surface area contributed by atoms with Crippen LogP contribution < -0.4 is 23.7 Å². The molecule has 2 aromatic carbocycles. The summed E-state index contributed by atoms with van der Waals surface area (Å²) in [4.78, 5) is 25.2. The van der Waals surface area contributed by atoms with Crippen LogP contribution in [0.3, 0.4) is 0 Å². The van der Waals surface area contributed by atoms with Crippen LogP contribution in [0.15, 0.2) is 42.5 Å². The van der Waals surface area contributed by atoms with Gasteiger partial charge in [0.25, 0.3) is 0 Å². The van der Waals surface area contributed by atoms with Crippen molar-refractivity contribution in [3.63, 3.8) is 0 Å². The molecule has 0 aliphatic carbocycles. The quantitative estimate of drug-likeness (QED) is 0.248. The van der Waals surface area contributed by atoms with E-state index in [4.69, 9.17) is 28.4 Å². The van der Waals surface area contributed by atoms with Crippen LogP contribution in [0.25, 0.3) is 11.8 Å². The Labute approximate surface area is 208 Å². The Morgan fingerprint density at radius 2 is 1.61 bits per heavy atom. The fourth-order valence-electron chi connectivity index (χ4n) is 4.07. The highest BCUT2D eigenvalue weighted by Crippen LogP contribution is 2.36. The van der Waals surface area contributed by atoms with E-state index in [1.165, 1.54) is 33.5 Å². The predicted molar refractivity (Wildman–Crippen MR) is 132 cm³/mol. The number of ketones is 1. The van der Waals surface area contributed by atoms with Crippen LogP contribution >= 0.6 is 0 Å². The van der Waals surface area contributed by atoms with Crippen molar-refractivity contribution in [2.75, 3.05) is 34.7 Å². The van der Waals surface area contributed by atoms with Gasteiger partial charge in [-0.25, -0.2) is 4.79 Å². The third-order valence-electron chi connectivity index (χ3n) is 5.83. The number of aromatic nitrogens is 1. The van der Waals surface area contributed by atoms with E-state index < -0.39 is 12.6 Å². The van der Waals surface area contributed by atoms with Gasteiger partial charge in [0, 0.05) is 46.4 Å². The fourth-order valence-corrected chi connectivity index (χ4v) is 4.07. The molecule has 1 aliphatic rings. The third kappa shape index (κ3) is 4.86. The second-order valence-electron chi connectivity index (χ2n) is 7.97. The molecule has 9 nitrogen and oxygen atoms in total. The molecule has 0 N–H and O–H groups in total. The first-order chi connectivity index (χ1) is 17.4. The average Bonchev–Trinajstić information content (AvgIpc) is 3.48. The van der Waals surface area contributed by atoms with Gasteiger partial charge in [-0.15, -0.1) is 0 Å². The minimum atomic E-state index is -0.662. The maximum absolute atomic E-state index is 12.9. The number of carbonyl (C=O) groups is 2. The minimum absolute atomic E-state index is 0.185. The van der Waals surface area contributed by atoms with Gasteiger partial charge in [0.2, 0.25) is 12.6 Å². The Balaban J connectivity index is 1.45. The third-order valence-corrected chi connectivity index (χ3v) is 5.83. The molecule has 36 heavy (non-hydrogen) atoms. The lowest BCUT2D eigenvalue weighted by atomic mass is 10.1. The summed E-state index contributed by atoms with van der Waals surface area (Å²) in [6.07, 6.45) is 2.76. The first kappa shape index (κ1) is 24.7. The van der Waals surface area contributed by atoms with Crippen molar-refractivity contribution in [3.05, 3.63) is 65.0 Å². The zero-order valence-electron chi connectivity index (χ0n) is 20.7. The summed E-state index contributed by atoms with van der Waals surface area (Å²) >= 11 is 0. The molecule has 2 heterocycles. The molecule has 1 aromatic heterocycles. The summed E-state index contributed by atoms with van der Waals surface area (Å²) in [5, 5.41) is 0. The molecule has 0 fully saturated rings. The number of ether oxygens (including phenoxy) is 6. The van der Waals surface area contributed by atoms with Crippen molar-refractivity contribution >= 4 is 17.8 Å². The predicted octanol–water partition coefficient (Wildman–Crippen LogP) is 4.29. The zero-order valence-corrected chi connectivity index (χ0v) is 20.7. The van der Waals surface area contributed by atoms with Crippen LogP contribution in [0.5, 0.6) is 28.7 Å². The van der Waals surface area contributed by atoms with E-state index >= 15 is 0 Å². The number of methoxy groups -OCH3 is 3. The van der Waals surface area contributed by atoms with Crippen LogP contribution in [-0.4, -0.2) is 51.0 Å². The normalized spacial score (nSPS) is 12.0. The molecule has 9 heteroatoms. The van der Waals surface area contributed by atoms with Gasteiger partial charge in [0.1, 0.15) is 5.75 Å². The molecule has 4 rings (SSSR count). The number of hydrogen-bond acceptors (Lipinski definition) is 8. The molecule has 0 saturated heterocycles. The molecule has 0 spiro atoms. The number of aryl methyl sites for hydroxylation is 1. The maximum Gasteiger partial charge on any atom is 0.331 e. The molecule has 0 atom stereocenters. The molecule has 0 radical (unpaired) electrons. The maximum atomic E-state index is 12.9. The molecule has 1 aliphatic heterocycles. The number of benzene rings is 2. The number of nitrogens with zero attached hydrogens (tertiary/aromatic N) is 1. The molecule has 0 saturated carbocycles. The highest BCUT2D eigenvalue weighted by Gasteiger charge is 2.20. The van der Waals surface area contributed by atoms with Crippen molar-refractivity contribution in [1.29, 1.82) is 0 Å². The second-order valence-corrected chi connectivity index (χ2v) is 7.97. The van der Waals surface area contributed by atoms with Crippen LogP contribution in [0.4, 0.5) is 0 Å². The smallest absolute Gasteiger partial charge is 0.331 e. The average molecular weight is 494 g/mol. The lowest BCUT2D eigenvalue weighted by Crippen LogP contribution is -2.13. The van der Waals surface area contributed by atoms with Gasteiger partial charge in [0.05, 0.1) is 21.3 Å². The van der Waals surface area contributed by atoms with E-state index in [2.05, 4.69) is 0 Å². The molecule has 0 bridgehead atoms. The monoisotopic (exact) mass is 493 g/mol. The highest BCUT2D eigenvalue weighted by atomic mass is 16.7. The number of hydrogen-bond donors (Lipinski definition) is 0. The van der Waals surface area contributed by atoms with Crippen LogP contribution in [0.1, 0.15) is 27.3 Å². The number of Topliss-reactive ketones (excluding diaryl/α,β-unsaturated/α-hetero) is 1. The fraction of sp³-hybridized carbons (Fsp3) is 0.259. The highest BCUT2D eigenvalue weighted by molar-refractivity contribution is 6.00. The molecular formula is C27H27NO8. The van der Waals surface area contributed by atoms with Gasteiger partial charge in [-0.3, -0.25) is 4.79 Å². The molecular weight excluding hydrogens is 466 g/mol. The number of carbonyl (C=O) groups excluding carboxylic acids is 2. The van der Waals surface area contributed by atoms with Crippen LogP contribution in [0, 0.1) is 13.8 Å². The van der Waals surface area contributed by atoms with Crippen molar-refractivity contribution in [2.45, 2.75) is 13.8 Å². The molecule has 0 unspecified atom stereocenters. The van der Waals surface area contributed by atoms with Crippen molar-refractivity contribution < 1.29 is 38.0 Å². The standard InChI is InChI=1S/C27H27NO8/c1-16-10-20(17(2)28(16)19-7-8-22-26(12-19)36-15-35-22)21(29)14-34-27(30)9-6-18-11-24(32-4)25(33-5)13-23(18)31-3/h6-13H,14-15H2,1-5H3/b9-6+. The topological polar surface area (TPSA) is 94.5 Å². The number of rotatable bonds is 9.